The zero-order valence-corrected chi connectivity index (χ0v) is 38.4. The summed E-state index contributed by atoms with van der Waals surface area (Å²) >= 11 is 1.02. The number of phosphoric ester groups is 3. The van der Waals surface area contributed by atoms with E-state index in [1.807, 2.05) is 12.2 Å². The number of anilines is 1. The number of carbonyl (C=O) groups excluding carboxylic acids is 3. The quantitative estimate of drug-likeness (QED) is 0.0318. The molecule has 0 radical (unpaired) electrons. The van der Waals surface area contributed by atoms with E-state index in [-0.39, 0.29) is 41.6 Å². The minimum atomic E-state index is -5.92. The molecule has 24 nitrogen and oxygen atoms in total. The van der Waals surface area contributed by atoms with Gasteiger partial charge in [0.1, 0.15) is 36.3 Å². The van der Waals surface area contributed by atoms with Crippen LogP contribution in [-0.2, 0) is 50.7 Å². The SMILES string of the molecule is CCCCCCCCC/C=C\C=C\C(=O)SCCNC(=O)CCNC(=O)[C@H](O)C(C)(C)COP(=O)([O-])OP(=O)([O-])OC[C@H]1O[C@@H](n2cnc3c(N)ncnc32)[C@H](O)[C@@H]1OP(=O)([O-])[O-]. The number of nitrogens with two attached hydrogens (primary N) is 1. The summed E-state index contributed by atoms with van der Waals surface area (Å²) in [5, 5.41) is 26.1. The normalized spacial score (nSPS) is 20.8. The number of nitrogens with zero attached hydrogens (tertiary/aromatic N) is 4. The van der Waals surface area contributed by atoms with Crippen molar-refractivity contribution in [1.29, 1.82) is 0 Å². The first kappa shape index (κ1) is 54.4. The Bertz CT molecular complexity index is 2020. The Kier molecular flexibility index (Phi) is 22.1. The molecule has 3 heterocycles. The molecular weight excluding hydrogens is 915 g/mol. The van der Waals surface area contributed by atoms with E-state index in [1.165, 1.54) is 58.4 Å². The van der Waals surface area contributed by atoms with Crippen LogP contribution in [0, 0.1) is 5.41 Å². The van der Waals surface area contributed by atoms with Crippen molar-refractivity contribution < 1.29 is 80.5 Å². The lowest BCUT2D eigenvalue weighted by Crippen LogP contribution is -2.46. The number of unbranched alkanes of at least 4 members (excludes halogenated alkanes) is 7. The molecule has 2 aromatic heterocycles. The summed E-state index contributed by atoms with van der Waals surface area (Å²) in [5.74, 6) is -1.25. The van der Waals surface area contributed by atoms with Gasteiger partial charge in [-0.05, 0) is 18.9 Å². The molecule has 1 aliphatic rings. The third kappa shape index (κ3) is 19.2. The lowest BCUT2D eigenvalue weighted by molar-refractivity contribution is -0.347. The summed E-state index contributed by atoms with van der Waals surface area (Å²) in [6, 6.07) is 0. The van der Waals surface area contributed by atoms with Crippen LogP contribution in [0.25, 0.3) is 11.2 Å². The molecule has 7 atom stereocenters. The van der Waals surface area contributed by atoms with Gasteiger partial charge in [0.25, 0.3) is 15.6 Å². The van der Waals surface area contributed by atoms with Gasteiger partial charge in [0.2, 0.25) is 16.9 Å². The summed E-state index contributed by atoms with van der Waals surface area (Å²) in [6.45, 7) is 2.27. The van der Waals surface area contributed by atoms with Gasteiger partial charge in [-0.3, -0.25) is 28.1 Å². The van der Waals surface area contributed by atoms with Gasteiger partial charge in [0, 0.05) is 30.7 Å². The number of amides is 2. The van der Waals surface area contributed by atoms with Crippen LogP contribution in [0.4, 0.5) is 5.82 Å². The largest absolute Gasteiger partial charge is 0.790 e. The van der Waals surface area contributed by atoms with Gasteiger partial charge in [0.15, 0.2) is 17.7 Å². The number of imidazole rings is 1. The van der Waals surface area contributed by atoms with E-state index in [0.717, 1.165) is 41.8 Å². The second-order valence-electron chi connectivity index (χ2n) is 14.8. The summed E-state index contributed by atoms with van der Waals surface area (Å²) in [5.41, 5.74) is 4.07. The van der Waals surface area contributed by atoms with Gasteiger partial charge in [-0.1, -0.05) is 89.3 Å². The summed E-state index contributed by atoms with van der Waals surface area (Å²) < 4.78 is 60.7. The second-order valence-corrected chi connectivity index (χ2v) is 20.0. The van der Waals surface area contributed by atoms with E-state index in [1.54, 1.807) is 6.08 Å². The van der Waals surface area contributed by atoms with Crippen molar-refractivity contribution in [2.45, 2.75) is 109 Å². The number of hydrogen-bond donors (Lipinski definition) is 5. The van der Waals surface area contributed by atoms with Crippen molar-refractivity contribution in [3.8, 4) is 0 Å². The molecule has 2 unspecified atom stereocenters. The maximum atomic E-state index is 12.6. The zero-order chi connectivity index (χ0) is 46.8. The number of fused-ring (bicyclic) bond motifs is 1. The molecule has 2 aromatic rings. The second kappa shape index (κ2) is 25.7. The molecule has 63 heavy (non-hydrogen) atoms. The van der Waals surface area contributed by atoms with E-state index < -0.39 is 84.6 Å². The molecule has 1 saturated heterocycles. The Morgan fingerprint density at radius 2 is 1.68 bits per heavy atom. The highest BCUT2D eigenvalue weighted by Gasteiger charge is 2.47. The molecular formula is C35H54N7O17P3S-4. The number of thioether (sulfide) groups is 1. The molecule has 2 amide bonds. The molecule has 1 aliphatic heterocycles. The highest BCUT2D eigenvalue weighted by molar-refractivity contribution is 8.14. The third-order valence-electron chi connectivity index (χ3n) is 9.18. The van der Waals surface area contributed by atoms with E-state index in [4.69, 9.17) is 10.5 Å². The van der Waals surface area contributed by atoms with Crippen LogP contribution in [0.1, 0.15) is 84.8 Å². The van der Waals surface area contributed by atoms with Crippen molar-refractivity contribution in [1.82, 2.24) is 30.2 Å². The predicted molar refractivity (Wildman–Crippen MR) is 219 cm³/mol. The number of carbonyl (C=O) groups is 3. The van der Waals surface area contributed by atoms with E-state index >= 15 is 0 Å². The fourth-order valence-electron chi connectivity index (χ4n) is 5.84. The Morgan fingerprint density at radius 1 is 1.00 bits per heavy atom. The average Bonchev–Trinajstić information content (AvgIpc) is 3.76. The molecule has 356 valence electrons. The van der Waals surface area contributed by atoms with Gasteiger partial charge in [0.05, 0.1) is 27.4 Å². The first-order valence-corrected chi connectivity index (χ1v) is 25.2. The number of phosphoric acid groups is 3. The van der Waals surface area contributed by atoms with Crippen LogP contribution in [0.15, 0.2) is 37.0 Å². The van der Waals surface area contributed by atoms with E-state index in [9.17, 15) is 57.9 Å². The van der Waals surface area contributed by atoms with Crippen LogP contribution < -0.4 is 35.9 Å². The van der Waals surface area contributed by atoms with Gasteiger partial charge >= 0.3 is 0 Å². The summed E-state index contributed by atoms with van der Waals surface area (Å²) in [6.07, 6.45) is 8.91. The molecule has 0 saturated carbocycles. The molecule has 3 rings (SSSR count). The molecule has 0 aliphatic carbocycles. The minimum absolute atomic E-state index is 0.0212. The van der Waals surface area contributed by atoms with Crippen LogP contribution in [-0.4, -0.2) is 103 Å². The Hall–Kier alpha value is -2.96. The number of nitrogens with one attached hydrogen (secondary N) is 2. The lowest BCUT2D eigenvalue weighted by atomic mass is 9.87. The van der Waals surface area contributed by atoms with Crippen molar-refractivity contribution >= 4 is 69.1 Å². The molecule has 1 fully saturated rings. The number of aliphatic hydroxyl groups excluding tert-OH is 2. The number of ether oxygens (including phenoxy) is 1. The Balaban J connectivity index is 1.38. The van der Waals surface area contributed by atoms with Gasteiger partial charge in [-0.15, -0.1) is 0 Å². The number of aromatic nitrogens is 4. The van der Waals surface area contributed by atoms with Crippen LogP contribution >= 0.6 is 35.2 Å². The average molecular weight is 970 g/mol. The number of nitrogen functional groups attached to an aromatic ring is 1. The molecule has 0 spiro atoms. The maximum Gasteiger partial charge on any atom is 0.274 e. The number of hydrogen-bond acceptors (Lipinski definition) is 22. The molecule has 0 bridgehead atoms. The maximum absolute atomic E-state index is 12.6. The van der Waals surface area contributed by atoms with Gasteiger partial charge < -0.3 is 69.0 Å². The van der Waals surface area contributed by atoms with E-state index in [0.29, 0.717) is 5.75 Å². The molecule has 0 aromatic carbocycles. The molecule has 28 heteroatoms. The highest BCUT2D eigenvalue weighted by Crippen LogP contribution is 2.56. The van der Waals surface area contributed by atoms with Crippen molar-refractivity contribution in [2.75, 3.05) is 37.8 Å². The first-order chi connectivity index (χ1) is 29.6. The molecule has 6 N–H and O–H groups in total. The number of rotatable bonds is 29. The first-order valence-electron chi connectivity index (χ1n) is 19.9. The standard InChI is InChI=1S/C35H58N7O17P3S/c1-4-5-6-7-8-9-10-11-12-13-14-15-26(44)63-19-18-37-25(43)16-17-38-33(47)30(46)35(2,3)21-56-62(53,54)59-61(51,52)55-20-24-29(58-60(48,49)50)28(45)34(57-24)42-23-41-27-31(36)39-22-40-32(27)42/h12-15,22-24,28-30,34,45-46H,4-11,16-21H2,1-3H3,(H,37,43)(H,38,47)(H,51,52)(H,53,54)(H2,36,39,40)(H2,48,49,50)/p-4/b13-12-,15-14+/t24-,28-,29-,30+,34-/m1/s1. The highest BCUT2D eigenvalue weighted by atomic mass is 32.2. The zero-order valence-electron chi connectivity index (χ0n) is 34.9. The van der Waals surface area contributed by atoms with Gasteiger partial charge in [-0.2, -0.15) is 0 Å². The topological polar surface area (TPSA) is 375 Å². The fraction of sp³-hybridized carbons (Fsp3) is 0.657. The van der Waals surface area contributed by atoms with Crippen LogP contribution in [0.5, 0.6) is 0 Å². The minimum Gasteiger partial charge on any atom is -0.790 e. The van der Waals surface area contributed by atoms with E-state index in [2.05, 4.69) is 50.4 Å². The van der Waals surface area contributed by atoms with Crippen LogP contribution in [0.3, 0.4) is 0 Å². The summed E-state index contributed by atoms with van der Waals surface area (Å²) in [7, 11) is -17.6. The third-order valence-corrected chi connectivity index (χ3v) is 13.0. The lowest BCUT2D eigenvalue weighted by Gasteiger charge is -2.36. The Labute approximate surface area is 368 Å². The fourth-order valence-corrected chi connectivity index (χ4v) is 9.15. The Morgan fingerprint density at radius 3 is 2.38 bits per heavy atom. The smallest absolute Gasteiger partial charge is 0.274 e. The van der Waals surface area contributed by atoms with Crippen molar-refractivity contribution in [3.63, 3.8) is 0 Å². The number of allylic oxidation sites excluding steroid dienone is 3. The summed E-state index contributed by atoms with van der Waals surface area (Å²) in [4.78, 5) is 96.4. The monoisotopic (exact) mass is 969 g/mol. The van der Waals surface area contributed by atoms with Crippen LogP contribution in [0.2, 0.25) is 0 Å². The van der Waals surface area contributed by atoms with Crippen molar-refractivity contribution in [2.24, 2.45) is 5.41 Å². The predicted octanol–water partition coefficient (Wildman–Crippen LogP) is 0.390. The number of aliphatic hydroxyl groups is 2. The van der Waals surface area contributed by atoms with Crippen molar-refractivity contribution in [3.05, 3.63) is 37.0 Å². The van der Waals surface area contributed by atoms with Gasteiger partial charge in [-0.25, -0.2) is 19.3 Å².